The molecule has 9 nitrogen and oxygen atoms in total. The minimum absolute atomic E-state index is 0.0220. The highest BCUT2D eigenvalue weighted by Crippen LogP contribution is 2.20. The average molecular weight is 327 g/mol. The Morgan fingerprint density at radius 2 is 1.96 bits per heavy atom. The molecule has 1 amide bonds. The molecule has 0 unspecified atom stereocenters. The van der Waals surface area contributed by atoms with Gasteiger partial charge in [0.2, 0.25) is 0 Å². The summed E-state index contributed by atoms with van der Waals surface area (Å²) in [5, 5.41) is 21.4. The van der Waals surface area contributed by atoms with Crippen LogP contribution in [0.4, 0.5) is 11.5 Å². The average Bonchev–Trinajstić information content (AvgIpc) is 3.13. The van der Waals surface area contributed by atoms with Crippen molar-refractivity contribution in [1.82, 2.24) is 14.9 Å². The molecular weight excluding hydrogens is 314 g/mol. The molecule has 0 fully saturated rings. The van der Waals surface area contributed by atoms with E-state index < -0.39 is 10.8 Å². The number of nitrogens with zero attached hydrogens (tertiary/aromatic N) is 4. The zero-order valence-corrected chi connectivity index (χ0v) is 12.9. The van der Waals surface area contributed by atoms with Crippen molar-refractivity contribution in [2.75, 3.05) is 5.32 Å². The SMILES string of the molecule is Cc1cc(NC(=O)c2cc(C)on2)n(-c2ccc([N+](=O)[O-])cc2)n1. The fourth-order valence-corrected chi connectivity index (χ4v) is 2.15. The number of anilines is 1. The molecule has 0 spiro atoms. The zero-order valence-electron chi connectivity index (χ0n) is 12.9. The summed E-state index contributed by atoms with van der Waals surface area (Å²) in [5.74, 6) is 0.516. The third kappa shape index (κ3) is 3.00. The van der Waals surface area contributed by atoms with Crippen LogP contribution in [0.15, 0.2) is 40.9 Å². The lowest BCUT2D eigenvalue weighted by molar-refractivity contribution is -0.384. The Morgan fingerprint density at radius 1 is 1.25 bits per heavy atom. The molecule has 24 heavy (non-hydrogen) atoms. The summed E-state index contributed by atoms with van der Waals surface area (Å²) in [4.78, 5) is 22.5. The Morgan fingerprint density at radius 3 is 2.54 bits per heavy atom. The second kappa shape index (κ2) is 5.95. The molecule has 0 saturated carbocycles. The minimum Gasteiger partial charge on any atom is -0.361 e. The molecule has 3 rings (SSSR count). The molecule has 3 aromatic rings. The second-order valence-corrected chi connectivity index (χ2v) is 5.13. The van der Waals surface area contributed by atoms with Gasteiger partial charge in [0.25, 0.3) is 11.6 Å². The highest BCUT2D eigenvalue weighted by Gasteiger charge is 2.16. The number of hydrogen-bond acceptors (Lipinski definition) is 6. The Labute approximate surface area is 136 Å². The molecule has 0 radical (unpaired) electrons. The lowest BCUT2D eigenvalue weighted by Crippen LogP contribution is -2.15. The number of nitro benzene ring substituents is 1. The van der Waals surface area contributed by atoms with Crippen LogP contribution in [0.2, 0.25) is 0 Å². The number of aromatic nitrogens is 3. The molecule has 0 saturated heterocycles. The summed E-state index contributed by atoms with van der Waals surface area (Å²) in [7, 11) is 0. The van der Waals surface area contributed by atoms with Crippen LogP contribution in [0, 0.1) is 24.0 Å². The number of rotatable bonds is 4. The molecule has 1 aromatic carbocycles. The molecule has 2 heterocycles. The van der Waals surface area contributed by atoms with Crippen molar-refractivity contribution in [1.29, 1.82) is 0 Å². The maximum atomic E-state index is 12.2. The molecule has 0 bridgehead atoms. The summed E-state index contributed by atoms with van der Waals surface area (Å²) < 4.78 is 6.37. The monoisotopic (exact) mass is 327 g/mol. The number of carbonyl (C=O) groups excluding carboxylic acids is 1. The number of hydrogen-bond donors (Lipinski definition) is 1. The van der Waals surface area contributed by atoms with Gasteiger partial charge in [-0.25, -0.2) is 4.68 Å². The van der Waals surface area contributed by atoms with Gasteiger partial charge in [0.15, 0.2) is 5.69 Å². The lowest BCUT2D eigenvalue weighted by atomic mass is 10.3. The van der Waals surface area contributed by atoms with Gasteiger partial charge in [0, 0.05) is 24.3 Å². The van der Waals surface area contributed by atoms with Gasteiger partial charge in [-0.1, -0.05) is 5.16 Å². The van der Waals surface area contributed by atoms with E-state index in [9.17, 15) is 14.9 Å². The smallest absolute Gasteiger partial charge is 0.279 e. The molecule has 0 aliphatic rings. The van der Waals surface area contributed by atoms with Crippen LogP contribution in [-0.2, 0) is 0 Å². The number of carbonyl (C=O) groups is 1. The van der Waals surface area contributed by atoms with E-state index in [1.807, 2.05) is 0 Å². The molecule has 9 heteroatoms. The van der Waals surface area contributed by atoms with Crippen LogP contribution >= 0.6 is 0 Å². The summed E-state index contributed by atoms with van der Waals surface area (Å²) >= 11 is 0. The van der Waals surface area contributed by atoms with Crippen molar-refractivity contribution in [2.24, 2.45) is 0 Å². The van der Waals surface area contributed by atoms with E-state index in [4.69, 9.17) is 4.52 Å². The Balaban J connectivity index is 1.90. The van der Waals surface area contributed by atoms with Crippen LogP contribution in [0.5, 0.6) is 0 Å². The van der Waals surface area contributed by atoms with Crippen molar-refractivity contribution in [3.63, 3.8) is 0 Å². The van der Waals surface area contributed by atoms with Gasteiger partial charge in [-0.15, -0.1) is 0 Å². The third-order valence-electron chi connectivity index (χ3n) is 3.24. The van der Waals surface area contributed by atoms with Crippen molar-refractivity contribution >= 4 is 17.4 Å². The van der Waals surface area contributed by atoms with Crippen LogP contribution in [0.3, 0.4) is 0 Å². The molecule has 1 N–H and O–H groups in total. The Kier molecular flexibility index (Phi) is 3.82. The van der Waals surface area contributed by atoms with E-state index in [0.717, 1.165) is 0 Å². The van der Waals surface area contributed by atoms with Crippen LogP contribution in [-0.4, -0.2) is 25.8 Å². The molecule has 0 atom stereocenters. The quantitative estimate of drug-likeness (QED) is 0.581. The van der Waals surface area contributed by atoms with E-state index in [1.54, 1.807) is 32.0 Å². The molecule has 122 valence electrons. The first-order chi connectivity index (χ1) is 11.4. The first kappa shape index (κ1) is 15.4. The highest BCUT2D eigenvalue weighted by atomic mass is 16.6. The van der Waals surface area contributed by atoms with Crippen LogP contribution < -0.4 is 5.32 Å². The third-order valence-corrected chi connectivity index (χ3v) is 3.24. The number of aryl methyl sites for hydroxylation is 2. The van der Waals surface area contributed by atoms with E-state index in [0.29, 0.717) is 23.0 Å². The van der Waals surface area contributed by atoms with Gasteiger partial charge in [0.1, 0.15) is 11.6 Å². The number of amides is 1. The summed E-state index contributed by atoms with van der Waals surface area (Å²) in [6.45, 7) is 3.47. The number of nitro groups is 1. The van der Waals surface area contributed by atoms with Gasteiger partial charge < -0.3 is 9.84 Å². The highest BCUT2D eigenvalue weighted by molar-refractivity contribution is 6.02. The molecule has 0 aliphatic heterocycles. The maximum Gasteiger partial charge on any atom is 0.279 e. The molecular formula is C15H13N5O4. The van der Waals surface area contributed by atoms with Gasteiger partial charge >= 0.3 is 0 Å². The first-order valence-electron chi connectivity index (χ1n) is 7.00. The van der Waals surface area contributed by atoms with Gasteiger partial charge in [-0.3, -0.25) is 14.9 Å². The van der Waals surface area contributed by atoms with E-state index in [1.165, 1.54) is 22.9 Å². The predicted molar refractivity (Wildman–Crippen MR) is 84.1 cm³/mol. The van der Waals surface area contributed by atoms with E-state index >= 15 is 0 Å². The van der Waals surface area contributed by atoms with Crippen molar-refractivity contribution in [3.05, 3.63) is 63.7 Å². The van der Waals surface area contributed by atoms with Crippen LogP contribution in [0.25, 0.3) is 5.69 Å². The largest absolute Gasteiger partial charge is 0.361 e. The minimum atomic E-state index is -0.478. The second-order valence-electron chi connectivity index (χ2n) is 5.13. The van der Waals surface area contributed by atoms with Gasteiger partial charge in [-0.05, 0) is 26.0 Å². The van der Waals surface area contributed by atoms with Gasteiger partial charge in [0.05, 0.1) is 16.3 Å². The summed E-state index contributed by atoms with van der Waals surface area (Å²) in [5.41, 5.74) is 1.40. The number of nitrogens with one attached hydrogen (secondary N) is 1. The van der Waals surface area contributed by atoms with E-state index in [-0.39, 0.29) is 11.4 Å². The number of benzene rings is 1. The summed E-state index contributed by atoms with van der Waals surface area (Å²) in [6.07, 6.45) is 0. The zero-order chi connectivity index (χ0) is 17.3. The fraction of sp³-hybridized carbons (Fsp3) is 0.133. The standard InChI is InChI=1S/C15H13N5O4/c1-9-7-14(16-15(21)13-8-10(2)24-18-13)19(17-9)11-3-5-12(6-4-11)20(22)23/h3-8H,1-2H3,(H,16,21). The van der Waals surface area contributed by atoms with Crippen molar-refractivity contribution in [2.45, 2.75) is 13.8 Å². The van der Waals surface area contributed by atoms with Crippen LogP contribution in [0.1, 0.15) is 21.9 Å². The van der Waals surface area contributed by atoms with E-state index in [2.05, 4.69) is 15.6 Å². The number of non-ortho nitro benzene ring substituents is 1. The normalized spacial score (nSPS) is 10.6. The topological polar surface area (TPSA) is 116 Å². The molecule has 0 aliphatic carbocycles. The first-order valence-corrected chi connectivity index (χ1v) is 7.00. The Bertz CT molecular complexity index is 910. The maximum absolute atomic E-state index is 12.2. The Hall–Kier alpha value is -3.49. The fourth-order valence-electron chi connectivity index (χ4n) is 2.15. The predicted octanol–water partition coefficient (Wildman–Crippen LogP) is 2.64. The van der Waals surface area contributed by atoms with Gasteiger partial charge in [-0.2, -0.15) is 5.10 Å². The van der Waals surface area contributed by atoms with Crippen molar-refractivity contribution in [3.8, 4) is 5.69 Å². The lowest BCUT2D eigenvalue weighted by Gasteiger charge is -2.07. The molecule has 2 aromatic heterocycles. The summed E-state index contributed by atoms with van der Waals surface area (Å²) in [6, 6.07) is 9.07. The van der Waals surface area contributed by atoms with Crippen molar-refractivity contribution < 1.29 is 14.2 Å².